The number of halogens is 2. The summed E-state index contributed by atoms with van der Waals surface area (Å²) in [5.41, 5.74) is 1.61. The monoisotopic (exact) mass is 386 g/mol. The third-order valence-corrected chi connectivity index (χ3v) is 4.49. The lowest BCUT2D eigenvalue weighted by Gasteiger charge is -2.09. The van der Waals surface area contributed by atoms with Gasteiger partial charge >= 0.3 is 0 Å². The van der Waals surface area contributed by atoms with Crippen LogP contribution < -0.4 is 10.1 Å². The molecule has 130 valence electrons. The molecule has 0 bridgehead atoms. The summed E-state index contributed by atoms with van der Waals surface area (Å²) >= 11 is 11.9. The third-order valence-electron chi connectivity index (χ3n) is 3.99. The van der Waals surface area contributed by atoms with E-state index in [9.17, 15) is 4.79 Å². The van der Waals surface area contributed by atoms with Gasteiger partial charge in [-0.15, -0.1) is 0 Å². The largest absolute Gasteiger partial charge is 0.493 e. The van der Waals surface area contributed by atoms with Gasteiger partial charge in [-0.05, 0) is 24.3 Å². The number of amides is 1. The van der Waals surface area contributed by atoms with E-state index in [-0.39, 0.29) is 16.7 Å². The number of para-hydroxylation sites is 1. The van der Waals surface area contributed by atoms with Crippen LogP contribution in [-0.2, 0) is 0 Å². The van der Waals surface area contributed by atoms with Crippen LogP contribution >= 0.6 is 23.2 Å². The van der Waals surface area contributed by atoms with Crippen LogP contribution in [0.2, 0.25) is 10.0 Å². The van der Waals surface area contributed by atoms with E-state index in [1.54, 1.807) is 19.2 Å². The van der Waals surface area contributed by atoms with Crippen molar-refractivity contribution in [1.82, 2.24) is 4.98 Å². The van der Waals surface area contributed by atoms with Crippen molar-refractivity contribution in [3.8, 4) is 5.75 Å². The molecule has 2 aromatic carbocycles. The molecular weight excluding hydrogens is 375 g/mol. The van der Waals surface area contributed by atoms with Gasteiger partial charge in [0.25, 0.3) is 5.91 Å². The number of fused-ring (bicyclic) bond motifs is 3. The van der Waals surface area contributed by atoms with Gasteiger partial charge in [-0.2, -0.15) is 0 Å². The van der Waals surface area contributed by atoms with Crippen molar-refractivity contribution in [1.29, 1.82) is 0 Å². The lowest BCUT2D eigenvalue weighted by atomic mass is 10.1. The number of hydrogen-bond donors (Lipinski definition) is 1. The smallest absolute Gasteiger partial charge is 0.257 e. The standard InChI is InChI=1S/C19H12Cl2N2O3/c1-25-15-7-6-12(16-11-4-2-3-5-14(11)26-17(15)16)19(24)23-18-13(21)8-10(20)9-22-18/h2-9H,1H3,(H,22,23,24). The fourth-order valence-corrected chi connectivity index (χ4v) is 3.26. The zero-order valence-electron chi connectivity index (χ0n) is 13.5. The van der Waals surface area contributed by atoms with Gasteiger partial charge in [0.15, 0.2) is 17.2 Å². The van der Waals surface area contributed by atoms with Crippen molar-refractivity contribution < 1.29 is 13.9 Å². The first-order chi connectivity index (χ1) is 12.6. The van der Waals surface area contributed by atoms with Gasteiger partial charge in [-0.25, -0.2) is 4.98 Å². The Labute approximate surface area is 158 Å². The van der Waals surface area contributed by atoms with Crippen molar-refractivity contribution in [3.63, 3.8) is 0 Å². The summed E-state index contributed by atoms with van der Waals surface area (Å²) in [6.45, 7) is 0. The highest BCUT2D eigenvalue weighted by Crippen LogP contribution is 2.37. The highest BCUT2D eigenvalue weighted by atomic mass is 35.5. The Bertz CT molecular complexity index is 1150. The van der Waals surface area contributed by atoms with Crippen molar-refractivity contribution in [2.45, 2.75) is 0 Å². The number of nitrogens with one attached hydrogen (secondary N) is 1. The molecule has 0 atom stereocenters. The van der Waals surface area contributed by atoms with Crippen LogP contribution in [0, 0.1) is 0 Å². The molecule has 4 aromatic rings. The second kappa shape index (κ2) is 6.52. The Hall–Kier alpha value is -2.76. The highest BCUT2D eigenvalue weighted by molar-refractivity contribution is 6.36. The highest BCUT2D eigenvalue weighted by Gasteiger charge is 2.20. The van der Waals surface area contributed by atoms with E-state index < -0.39 is 0 Å². The minimum atomic E-state index is -0.360. The number of anilines is 1. The second-order valence-corrected chi connectivity index (χ2v) is 6.40. The molecule has 0 aliphatic rings. The number of hydrogen-bond acceptors (Lipinski definition) is 4. The normalized spacial score (nSPS) is 11.0. The lowest BCUT2D eigenvalue weighted by molar-refractivity contribution is 0.102. The van der Waals surface area contributed by atoms with E-state index in [2.05, 4.69) is 10.3 Å². The van der Waals surface area contributed by atoms with Gasteiger partial charge in [0.05, 0.1) is 22.7 Å². The van der Waals surface area contributed by atoms with E-state index in [0.29, 0.717) is 32.9 Å². The van der Waals surface area contributed by atoms with E-state index in [0.717, 1.165) is 5.39 Å². The number of nitrogens with zero attached hydrogens (tertiary/aromatic N) is 1. The predicted molar refractivity (Wildman–Crippen MR) is 102 cm³/mol. The Morgan fingerprint density at radius 3 is 2.77 bits per heavy atom. The van der Waals surface area contributed by atoms with Crippen LogP contribution in [0.15, 0.2) is 53.1 Å². The molecule has 2 heterocycles. The molecule has 0 saturated carbocycles. The van der Waals surface area contributed by atoms with Gasteiger partial charge < -0.3 is 14.5 Å². The Kier molecular flexibility index (Phi) is 4.18. The van der Waals surface area contributed by atoms with Crippen LogP contribution in [0.25, 0.3) is 21.9 Å². The number of rotatable bonds is 3. The number of carbonyl (C=O) groups excluding carboxylic acids is 1. The van der Waals surface area contributed by atoms with Crippen molar-refractivity contribution in [2.75, 3.05) is 12.4 Å². The molecule has 0 radical (unpaired) electrons. The molecule has 1 amide bonds. The summed E-state index contributed by atoms with van der Waals surface area (Å²) in [5.74, 6) is 0.425. The third kappa shape index (κ3) is 2.75. The molecule has 7 heteroatoms. The minimum absolute atomic E-state index is 0.234. The summed E-state index contributed by atoms with van der Waals surface area (Å²) in [5, 5.41) is 4.85. The predicted octanol–water partition coefficient (Wildman–Crippen LogP) is 5.55. The van der Waals surface area contributed by atoms with Gasteiger partial charge in [0, 0.05) is 17.0 Å². The number of benzene rings is 2. The number of ether oxygens (including phenoxy) is 1. The fraction of sp³-hybridized carbons (Fsp3) is 0.0526. The summed E-state index contributed by atoms with van der Waals surface area (Å²) in [7, 11) is 1.55. The Morgan fingerprint density at radius 2 is 2.00 bits per heavy atom. The minimum Gasteiger partial charge on any atom is -0.493 e. The number of pyridine rings is 1. The molecule has 4 rings (SSSR count). The summed E-state index contributed by atoms with van der Waals surface area (Å²) < 4.78 is 11.3. The maximum absolute atomic E-state index is 12.9. The summed E-state index contributed by atoms with van der Waals surface area (Å²) in [6.07, 6.45) is 1.42. The van der Waals surface area contributed by atoms with Crippen molar-refractivity contribution >= 4 is 56.9 Å². The average molecular weight is 387 g/mol. The van der Waals surface area contributed by atoms with Gasteiger partial charge in [-0.1, -0.05) is 41.4 Å². The number of methoxy groups -OCH3 is 1. The molecule has 0 aliphatic heterocycles. The molecule has 0 unspecified atom stereocenters. The first-order valence-electron chi connectivity index (χ1n) is 7.69. The summed E-state index contributed by atoms with van der Waals surface area (Å²) in [6, 6.07) is 12.4. The van der Waals surface area contributed by atoms with Crippen molar-refractivity contribution in [2.24, 2.45) is 0 Å². The molecule has 0 saturated heterocycles. The van der Waals surface area contributed by atoms with E-state index in [1.165, 1.54) is 12.3 Å². The molecule has 2 aromatic heterocycles. The zero-order valence-corrected chi connectivity index (χ0v) is 15.1. The molecule has 1 N–H and O–H groups in total. The van der Waals surface area contributed by atoms with Gasteiger partial charge in [0.1, 0.15) is 5.58 Å². The van der Waals surface area contributed by atoms with Crippen LogP contribution in [0.1, 0.15) is 10.4 Å². The molecule has 26 heavy (non-hydrogen) atoms. The number of aromatic nitrogens is 1. The lowest BCUT2D eigenvalue weighted by Crippen LogP contribution is -2.13. The first-order valence-corrected chi connectivity index (χ1v) is 8.44. The topological polar surface area (TPSA) is 64.4 Å². The van der Waals surface area contributed by atoms with Gasteiger partial charge in [0.2, 0.25) is 0 Å². The van der Waals surface area contributed by atoms with E-state index in [1.807, 2.05) is 24.3 Å². The van der Waals surface area contributed by atoms with Crippen LogP contribution in [0.4, 0.5) is 5.82 Å². The first kappa shape index (κ1) is 16.7. The number of carbonyl (C=O) groups is 1. The maximum atomic E-state index is 12.9. The van der Waals surface area contributed by atoms with Crippen LogP contribution in [0.5, 0.6) is 5.75 Å². The molecule has 0 fully saturated rings. The van der Waals surface area contributed by atoms with Crippen molar-refractivity contribution in [3.05, 3.63) is 64.3 Å². The fourth-order valence-electron chi connectivity index (χ4n) is 2.84. The molecular formula is C19H12Cl2N2O3. The Balaban J connectivity index is 1.86. The van der Waals surface area contributed by atoms with Gasteiger partial charge in [-0.3, -0.25) is 4.79 Å². The van der Waals surface area contributed by atoms with E-state index in [4.69, 9.17) is 32.4 Å². The quantitative estimate of drug-likeness (QED) is 0.501. The second-order valence-electron chi connectivity index (χ2n) is 5.56. The summed E-state index contributed by atoms with van der Waals surface area (Å²) in [4.78, 5) is 16.9. The van der Waals surface area contributed by atoms with Crippen LogP contribution in [-0.4, -0.2) is 18.0 Å². The molecule has 0 aliphatic carbocycles. The molecule has 5 nitrogen and oxygen atoms in total. The van der Waals surface area contributed by atoms with E-state index >= 15 is 0 Å². The maximum Gasteiger partial charge on any atom is 0.257 e. The SMILES string of the molecule is COc1ccc(C(=O)Nc2ncc(Cl)cc2Cl)c2c1oc1ccccc12. The number of furan rings is 1. The zero-order chi connectivity index (χ0) is 18.3. The van der Waals surface area contributed by atoms with Crippen LogP contribution in [0.3, 0.4) is 0 Å². The molecule has 0 spiro atoms. The average Bonchev–Trinajstić information content (AvgIpc) is 3.03. The Morgan fingerprint density at radius 1 is 1.19 bits per heavy atom.